The van der Waals surface area contributed by atoms with E-state index in [1.165, 1.54) is 19.3 Å². The summed E-state index contributed by atoms with van der Waals surface area (Å²) < 4.78 is 30.5. The number of rotatable bonds is 11. The molecule has 0 bridgehead atoms. The van der Waals surface area contributed by atoms with Gasteiger partial charge >= 0.3 is 0 Å². The minimum atomic E-state index is -3.95. The molecule has 0 aromatic heterocycles. The van der Waals surface area contributed by atoms with Gasteiger partial charge in [0.05, 0.1) is 17.5 Å². The summed E-state index contributed by atoms with van der Waals surface area (Å²) in [5.74, 6) is 3.20. The number of hydrogen-bond donors (Lipinski definition) is 1. The Morgan fingerprint density at radius 2 is 1.74 bits per heavy atom. The molecule has 2 aromatic rings. The Bertz CT molecular complexity index is 1540. The summed E-state index contributed by atoms with van der Waals surface area (Å²) in [5.41, 5.74) is 0.789. The Morgan fingerprint density at radius 3 is 2.43 bits per heavy atom. The van der Waals surface area contributed by atoms with E-state index < -0.39 is 21.5 Å². The Kier molecular flexibility index (Phi) is 10.4. The Labute approximate surface area is 277 Å². The number of Topliss-reactive ketones (excluding diaryl/α,β-unsaturated/α-hetero) is 1. The molecule has 7 nitrogen and oxygen atoms in total. The van der Waals surface area contributed by atoms with Crippen molar-refractivity contribution in [1.82, 2.24) is 0 Å². The zero-order valence-corrected chi connectivity index (χ0v) is 30.0. The van der Waals surface area contributed by atoms with E-state index in [0.29, 0.717) is 36.6 Å². The van der Waals surface area contributed by atoms with Crippen LogP contribution in [-0.4, -0.2) is 46.1 Å². The van der Waals surface area contributed by atoms with E-state index >= 15 is 0 Å². The van der Waals surface area contributed by atoms with Gasteiger partial charge in [-0.3, -0.25) is 4.79 Å². The number of aliphatic hydroxyl groups is 1. The highest BCUT2D eigenvalue weighted by Gasteiger charge is 2.58. The highest BCUT2D eigenvalue weighted by Crippen LogP contribution is 2.65. The molecule has 3 aliphatic rings. The summed E-state index contributed by atoms with van der Waals surface area (Å²) in [7, 11) is -0.00421. The van der Waals surface area contributed by atoms with Crippen LogP contribution in [0.15, 0.2) is 50.9 Å². The first kappa shape index (κ1) is 35.0. The van der Waals surface area contributed by atoms with Gasteiger partial charge in [0.2, 0.25) is 0 Å². The number of fused-ring (bicyclic) bond motifs is 2. The minimum absolute atomic E-state index is 0.149. The maximum atomic E-state index is 13.6. The topological polar surface area (TPSA) is 99.4 Å². The molecule has 0 saturated heterocycles. The Hall–Kier alpha value is -2.32. The second kappa shape index (κ2) is 13.7. The largest absolute Gasteiger partial charge is 0.393 e. The number of hydrogen-bond acceptors (Lipinski definition) is 6. The Balaban J connectivity index is 1.37. The van der Waals surface area contributed by atoms with Crippen molar-refractivity contribution in [3.05, 3.63) is 36.4 Å². The van der Waals surface area contributed by atoms with Crippen LogP contribution in [0.2, 0.25) is 0 Å². The van der Waals surface area contributed by atoms with Crippen molar-refractivity contribution in [2.24, 2.45) is 56.0 Å². The molecule has 2 aromatic carbocycles. The lowest BCUT2D eigenvalue weighted by atomic mass is 9.49. The molecule has 0 heterocycles. The summed E-state index contributed by atoms with van der Waals surface area (Å²) in [6.07, 6.45) is 8.85. The number of aliphatic hydroxyl groups excluding tert-OH is 1. The molecule has 0 radical (unpaired) electrons. The molecule has 254 valence electrons. The predicted molar refractivity (Wildman–Crippen MR) is 187 cm³/mol. The lowest BCUT2D eigenvalue weighted by molar-refractivity contribution is -0.145. The number of benzene rings is 2. The molecule has 46 heavy (non-hydrogen) atoms. The van der Waals surface area contributed by atoms with Crippen molar-refractivity contribution in [2.45, 2.75) is 110 Å². The van der Waals surface area contributed by atoms with Gasteiger partial charge in [-0.1, -0.05) is 70.2 Å². The van der Waals surface area contributed by atoms with E-state index in [9.17, 15) is 18.3 Å². The second-order valence-electron chi connectivity index (χ2n) is 16.1. The third-order valence-corrected chi connectivity index (χ3v) is 13.8. The van der Waals surface area contributed by atoms with Crippen LogP contribution < -0.4 is 4.90 Å². The normalized spacial score (nSPS) is 32.7. The predicted octanol–water partition coefficient (Wildman–Crippen LogP) is 8.69. The molecular weight excluding hydrogens is 595 g/mol. The number of carbonyl (C=O) groups excluding carboxylic acids is 1. The molecule has 5 rings (SSSR count). The zero-order valence-electron chi connectivity index (χ0n) is 29.2. The highest BCUT2D eigenvalue weighted by atomic mass is 32.2. The number of anilines is 1. The number of ketones is 1. The number of sulfonamides is 1. The van der Waals surface area contributed by atoms with Crippen LogP contribution >= 0.6 is 0 Å². The SMILES string of the molecule is CC(C)CC[C@@H](C)[C@H]1CCC2C(CCN=NS(=O)(=O)c3ccc4c(N(C)C)cccc4c3)C([C@@]3(C)CC[C@H](O)CC3=O)CC[C@@]21C. The van der Waals surface area contributed by atoms with E-state index in [1.54, 1.807) is 12.1 Å². The van der Waals surface area contributed by atoms with Crippen molar-refractivity contribution in [2.75, 3.05) is 25.5 Å². The third-order valence-electron chi connectivity index (χ3n) is 12.6. The fourth-order valence-electron chi connectivity index (χ4n) is 9.97. The molecule has 0 spiro atoms. The standard InChI is InChI=1S/C38H57N3O4S/c1-25(2)11-12-26(3)32-15-16-33-31(34(18-21-37(32,33)4)38(5)20-17-28(42)24-36(38)43)19-22-39-40-46(44,45)29-13-14-30-27(23-29)9-8-10-35(30)41(6)7/h8-10,13-14,23,25-26,28,31-34,42H,11-12,15-22,24H2,1-7H3/t26-,28+,31?,32-,33?,34?,37-,38-/m1/s1. The lowest BCUT2D eigenvalue weighted by Crippen LogP contribution is -2.51. The first-order valence-electron chi connectivity index (χ1n) is 17.7. The molecule has 1 N–H and O–H groups in total. The van der Waals surface area contributed by atoms with E-state index in [-0.39, 0.29) is 34.4 Å². The van der Waals surface area contributed by atoms with Gasteiger partial charge in [0, 0.05) is 37.0 Å². The smallest absolute Gasteiger partial charge is 0.299 e. The van der Waals surface area contributed by atoms with Crippen molar-refractivity contribution in [1.29, 1.82) is 0 Å². The van der Waals surface area contributed by atoms with E-state index in [4.69, 9.17) is 0 Å². The van der Waals surface area contributed by atoms with Gasteiger partial charge in [0.25, 0.3) is 10.0 Å². The van der Waals surface area contributed by atoms with Gasteiger partial charge in [0.15, 0.2) is 0 Å². The first-order valence-corrected chi connectivity index (χ1v) is 19.2. The quantitative estimate of drug-likeness (QED) is 0.245. The van der Waals surface area contributed by atoms with Gasteiger partial charge in [-0.2, -0.15) is 13.5 Å². The van der Waals surface area contributed by atoms with Crippen LogP contribution in [0.4, 0.5) is 5.69 Å². The Morgan fingerprint density at radius 1 is 0.978 bits per heavy atom. The van der Waals surface area contributed by atoms with Gasteiger partial charge in [-0.25, -0.2) is 0 Å². The molecule has 3 fully saturated rings. The van der Waals surface area contributed by atoms with E-state index in [1.807, 2.05) is 43.3 Å². The van der Waals surface area contributed by atoms with E-state index in [2.05, 4.69) is 44.3 Å². The molecule has 0 amide bonds. The monoisotopic (exact) mass is 651 g/mol. The van der Waals surface area contributed by atoms with Crippen LogP contribution in [-0.2, 0) is 14.8 Å². The fourth-order valence-corrected chi connectivity index (χ4v) is 10.8. The van der Waals surface area contributed by atoms with Crippen LogP contribution in [0.3, 0.4) is 0 Å². The van der Waals surface area contributed by atoms with Crippen molar-refractivity contribution < 1.29 is 18.3 Å². The van der Waals surface area contributed by atoms with Crippen LogP contribution in [0.5, 0.6) is 0 Å². The van der Waals surface area contributed by atoms with Crippen molar-refractivity contribution >= 4 is 32.3 Å². The molecule has 0 aliphatic heterocycles. The van der Waals surface area contributed by atoms with Gasteiger partial charge in [-0.05, 0) is 109 Å². The summed E-state index contributed by atoms with van der Waals surface area (Å²) >= 11 is 0. The number of carbonyl (C=O) groups is 1. The van der Waals surface area contributed by atoms with E-state index in [0.717, 1.165) is 48.6 Å². The van der Waals surface area contributed by atoms with Crippen LogP contribution in [0, 0.1) is 46.3 Å². The average Bonchev–Trinajstić information content (AvgIpc) is 3.36. The summed E-state index contributed by atoms with van der Waals surface area (Å²) in [6.45, 7) is 12.0. The zero-order chi connectivity index (χ0) is 33.4. The summed E-state index contributed by atoms with van der Waals surface area (Å²) in [5, 5.41) is 16.4. The van der Waals surface area contributed by atoms with Gasteiger partial charge in [0.1, 0.15) is 5.78 Å². The molecule has 8 atom stereocenters. The van der Waals surface area contributed by atoms with Gasteiger partial charge < -0.3 is 10.0 Å². The summed E-state index contributed by atoms with van der Waals surface area (Å²) in [4.78, 5) is 15.7. The molecule has 3 saturated carbocycles. The van der Waals surface area contributed by atoms with Crippen molar-refractivity contribution in [3.63, 3.8) is 0 Å². The lowest BCUT2D eigenvalue weighted by Gasteiger charge is -2.55. The molecular formula is C38H57N3O4S. The average molecular weight is 652 g/mol. The molecule has 3 unspecified atom stereocenters. The molecule has 3 aliphatic carbocycles. The fraction of sp³-hybridized carbons (Fsp3) is 0.711. The van der Waals surface area contributed by atoms with Crippen LogP contribution in [0.25, 0.3) is 10.8 Å². The maximum Gasteiger partial charge on any atom is 0.299 e. The first-order chi connectivity index (χ1) is 21.7. The van der Waals surface area contributed by atoms with Crippen molar-refractivity contribution in [3.8, 4) is 0 Å². The minimum Gasteiger partial charge on any atom is -0.393 e. The second-order valence-corrected chi connectivity index (χ2v) is 17.6. The van der Waals surface area contributed by atoms with Crippen LogP contribution in [0.1, 0.15) is 98.8 Å². The maximum absolute atomic E-state index is 13.6. The molecule has 8 heteroatoms. The number of nitrogens with zero attached hydrogens (tertiary/aromatic N) is 3. The summed E-state index contributed by atoms with van der Waals surface area (Å²) in [6, 6.07) is 11.0. The highest BCUT2D eigenvalue weighted by molar-refractivity contribution is 7.90. The third kappa shape index (κ3) is 6.80. The van der Waals surface area contributed by atoms with Gasteiger partial charge in [-0.15, -0.1) is 0 Å².